The van der Waals surface area contributed by atoms with E-state index in [1.54, 1.807) is 11.3 Å². The molecule has 2 rings (SSSR count). The summed E-state index contributed by atoms with van der Waals surface area (Å²) in [6.45, 7) is 6.82. The van der Waals surface area contributed by atoms with Gasteiger partial charge in [0.25, 0.3) is 0 Å². The molecule has 0 radical (unpaired) electrons. The summed E-state index contributed by atoms with van der Waals surface area (Å²) in [5.74, 6) is 0. The fourth-order valence-electron chi connectivity index (χ4n) is 2.27. The number of amides is 2. The number of rotatable bonds is 5. The van der Waals surface area contributed by atoms with Gasteiger partial charge in [-0.2, -0.15) is 0 Å². The van der Waals surface area contributed by atoms with Crippen molar-refractivity contribution in [3.05, 3.63) is 16.1 Å². The van der Waals surface area contributed by atoms with E-state index in [-0.39, 0.29) is 12.1 Å². The fraction of sp³-hybridized carbons (Fsp3) is 0.714. The number of ether oxygens (including phenoxy) is 1. The maximum atomic E-state index is 12.2. The van der Waals surface area contributed by atoms with E-state index in [9.17, 15) is 4.79 Å². The van der Waals surface area contributed by atoms with E-state index in [1.807, 2.05) is 11.1 Å². The first-order valence-electron chi connectivity index (χ1n) is 7.30. The van der Waals surface area contributed by atoms with Gasteiger partial charge in [0.2, 0.25) is 0 Å². The number of hydrogen-bond donors (Lipinski definition) is 1. The molecule has 112 valence electrons. The molecule has 20 heavy (non-hydrogen) atoms. The van der Waals surface area contributed by atoms with Gasteiger partial charge in [-0.05, 0) is 12.8 Å². The fourth-order valence-corrected chi connectivity index (χ4v) is 3.13. The van der Waals surface area contributed by atoms with Crippen LogP contribution in [0.15, 0.2) is 6.20 Å². The first-order valence-corrected chi connectivity index (χ1v) is 8.12. The Morgan fingerprint density at radius 2 is 2.45 bits per heavy atom. The monoisotopic (exact) mass is 297 g/mol. The lowest BCUT2D eigenvalue weighted by Gasteiger charge is -2.35. The standard InChI is InChI=1S/C14H23N3O2S/c1-3-11-10-19-8-7-17(11)14(18)15-6-5-13-16-9-12(4-2)20-13/h9,11H,3-8,10H2,1-2H3,(H,15,18). The molecule has 0 aromatic carbocycles. The summed E-state index contributed by atoms with van der Waals surface area (Å²) in [6, 6.07) is 0.225. The highest BCUT2D eigenvalue weighted by molar-refractivity contribution is 7.11. The van der Waals surface area contributed by atoms with Gasteiger partial charge in [0.1, 0.15) is 0 Å². The van der Waals surface area contributed by atoms with Crippen LogP contribution < -0.4 is 5.32 Å². The molecule has 0 spiro atoms. The SMILES string of the molecule is CCc1cnc(CCNC(=O)N2CCOCC2CC)s1. The summed E-state index contributed by atoms with van der Waals surface area (Å²) in [5.41, 5.74) is 0. The van der Waals surface area contributed by atoms with Crippen LogP contribution in [-0.4, -0.2) is 48.3 Å². The van der Waals surface area contributed by atoms with Crippen molar-refractivity contribution >= 4 is 17.4 Å². The van der Waals surface area contributed by atoms with E-state index < -0.39 is 0 Å². The molecule has 5 nitrogen and oxygen atoms in total. The summed E-state index contributed by atoms with van der Waals surface area (Å²) < 4.78 is 5.41. The number of thiazole rings is 1. The second-order valence-corrected chi connectivity index (χ2v) is 6.09. The molecule has 2 amide bonds. The van der Waals surface area contributed by atoms with E-state index in [0.29, 0.717) is 26.3 Å². The molecule has 0 bridgehead atoms. The zero-order valence-electron chi connectivity index (χ0n) is 12.2. The Hall–Kier alpha value is -1.14. The minimum atomic E-state index is 0.0208. The maximum Gasteiger partial charge on any atom is 0.317 e. The van der Waals surface area contributed by atoms with Crippen LogP contribution in [0.4, 0.5) is 4.79 Å². The van der Waals surface area contributed by atoms with Crippen molar-refractivity contribution < 1.29 is 9.53 Å². The third kappa shape index (κ3) is 3.93. The summed E-state index contributed by atoms with van der Waals surface area (Å²) in [7, 11) is 0. The summed E-state index contributed by atoms with van der Waals surface area (Å²) in [6.07, 6.45) is 4.68. The number of nitrogens with one attached hydrogen (secondary N) is 1. The number of nitrogens with zero attached hydrogens (tertiary/aromatic N) is 2. The van der Waals surface area contributed by atoms with Gasteiger partial charge in [-0.25, -0.2) is 9.78 Å². The maximum absolute atomic E-state index is 12.2. The Morgan fingerprint density at radius 3 is 3.15 bits per heavy atom. The number of morpholine rings is 1. The van der Waals surface area contributed by atoms with Gasteiger partial charge in [-0.15, -0.1) is 11.3 Å². The van der Waals surface area contributed by atoms with Crippen LogP contribution in [-0.2, 0) is 17.6 Å². The summed E-state index contributed by atoms with van der Waals surface area (Å²) >= 11 is 1.73. The van der Waals surface area contributed by atoms with E-state index in [0.717, 1.165) is 24.3 Å². The van der Waals surface area contributed by atoms with Crippen molar-refractivity contribution in [1.82, 2.24) is 15.2 Å². The lowest BCUT2D eigenvalue weighted by atomic mass is 10.2. The van der Waals surface area contributed by atoms with Crippen molar-refractivity contribution in [2.45, 2.75) is 39.2 Å². The molecule has 0 aliphatic carbocycles. The minimum Gasteiger partial charge on any atom is -0.377 e. The first-order chi connectivity index (χ1) is 9.74. The number of hydrogen-bond acceptors (Lipinski definition) is 4. The van der Waals surface area contributed by atoms with Crippen molar-refractivity contribution in [3.63, 3.8) is 0 Å². The van der Waals surface area contributed by atoms with Gasteiger partial charge in [0, 0.05) is 30.6 Å². The van der Waals surface area contributed by atoms with Gasteiger partial charge < -0.3 is 15.0 Å². The van der Waals surface area contributed by atoms with Crippen molar-refractivity contribution in [1.29, 1.82) is 0 Å². The molecule has 2 heterocycles. The number of carbonyl (C=O) groups is 1. The predicted molar refractivity (Wildman–Crippen MR) is 80.2 cm³/mol. The van der Waals surface area contributed by atoms with Crippen molar-refractivity contribution in [2.24, 2.45) is 0 Å². The van der Waals surface area contributed by atoms with Crippen LogP contribution in [0.2, 0.25) is 0 Å². The van der Waals surface area contributed by atoms with Crippen LogP contribution in [0.1, 0.15) is 30.2 Å². The van der Waals surface area contributed by atoms with Crippen LogP contribution in [0.25, 0.3) is 0 Å². The van der Waals surface area contributed by atoms with Gasteiger partial charge in [-0.1, -0.05) is 13.8 Å². The van der Waals surface area contributed by atoms with Gasteiger partial charge in [0.05, 0.1) is 24.3 Å². The number of aromatic nitrogens is 1. The molecule has 1 atom stereocenters. The third-order valence-corrected chi connectivity index (χ3v) is 4.73. The Kier molecular flexibility index (Phi) is 5.79. The smallest absolute Gasteiger partial charge is 0.317 e. The highest BCUT2D eigenvalue weighted by Crippen LogP contribution is 2.14. The second-order valence-electron chi connectivity index (χ2n) is 4.89. The zero-order valence-corrected chi connectivity index (χ0v) is 13.0. The van der Waals surface area contributed by atoms with Crippen molar-refractivity contribution in [3.8, 4) is 0 Å². The average Bonchev–Trinajstić information content (AvgIpc) is 2.95. The van der Waals surface area contributed by atoms with Gasteiger partial charge in [0.15, 0.2) is 0 Å². The average molecular weight is 297 g/mol. The molecular formula is C14H23N3O2S. The Labute approximate surface area is 124 Å². The number of aryl methyl sites for hydroxylation is 1. The first kappa shape index (κ1) is 15.3. The Bertz CT molecular complexity index is 436. The third-order valence-electron chi connectivity index (χ3n) is 3.52. The number of urea groups is 1. The van der Waals surface area contributed by atoms with Gasteiger partial charge >= 0.3 is 6.03 Å². The Morgan fingerprint density at radius 1 is 1.60 bits per heavy atom. The van der Waals surface area contributed by atoms with Crippen LogP contribution in [0.5, 0.6) is 0 Å². The molecule has 1 aliphatic heterocycles. The molecular weight excluding hydrogens is 274 g/mol. The lowest BCUT2D eigenvalue weighted by Crippen LogP contribution is -2.52. The molecule has 1 aliphatic rings. The topological polar surface area (TPSA) is 54.5 Å². The van der Waals surface area contributed by atoms with Crippen molar-refractivity contribution in [2.75, 3.05) is 26.3 Å². The molecule has 1 unspecified atom stereocenters. The normalized spacial score (nSPS) is 19.1. The summed E-state index contributed by atoms with van der Waals surface area (Å²) in [5, 5.41) is 4.08. The molecule has 0 saturated carbocycles. The molecule has 6 heteroatoms. The molecule has 1 saturated heterocycles. The van der Waals surface area contributed by atoms with E-state index in [1.165, 1.54) is 4.88 Å². The molecule has 1 aromatic heterocycles. The lowest BCUT2D eigenvalue weighted by molar-refractivity contribution is 0.0114. The zero-order chi connectivity index (χ0) is 14.4. The van der Waals surface area contributed by atoms with Crippen LogP contribution in [0, 0.1) is 0 Å². The van der Waals surface area contributed by atoms with Gasteiger partial charge in [-0.3, -0.25) is 0 Å². The van der Waals surface area contributed by atoms with Crippen LogP contribution >= 0.6 is 11.3 Å². The van der Waals surface area contributed by atoms with E-state index in [4.69, 9.17) is 4.74 Å². The molecule has 1 fully saturated rings. The van der Waals surface area contributed by atoms with E-state index in [2.05, 4.69) is 24.1 Å². The number of carbonyl (C=O) groups excluding carboxylic acids is 1. The highest BCUT2D eigenvalue weighted by Gasteiger charge is 2.25. The predicted octanol–water partition coefficient (Wildman–Crippen LogP) is 2.07. The largest absolute Gasteiger partial charge is 0.377 e. The molecule has 1 N–H and O–H groups in total. The second kappa shape index (κ2) is 7.59. The van der Waals surface area contributed by atoms with Crippen LogP contribution in [0.3, 0.4) is 0 Å². The minimum absolute atomic E-state index is 0.0208. The molecule has 1 aromatic rings. The Balaban J connectivity index is 1.76. The summed E-state index contributed by atoms with van der Waals surface area (Å²) in [4.78, 5) is 19.7. The quantitative estimate of drug-likeness (QED) is 0.905. The van der Waals surface area contributed by atoms with E-state index >= 15 is 0 Å². The highest BCUT2D eigenvalue weighted by atomic mass is 32.1.